The van der Waals surface area contributed by atoms with Gasteiger partial charge in [-0.05, 0) is 36.9 Å². The number of benzene rings is 2. The molecule has 8 nitrogen and oxygen atoms in total. The zero-order chi connectivity index (χ0) is 21.0. The summed E-state index contributed by atoms with van der Waals surface area (Å²) in [4.78, 5) is 28.0. The van der Waals surface area contributed by atoms with Crippen LogP contribution in [0, 0.1) is 10.1 Å². The summed E-state index contributed by atoms with van der Waals surface area (Å²) in [5.74, 6) is -0.352. The zero-order valence-corrected chi connectivity index (χ0v) is 17.1. The number of hydrogen-bond acceptors (Lipinski definition) is 6. The summed E-state index contributed by atoms with van der Waals surface area (Å²) in [5, 5.41) is 14.6. The van der Waals surface area contributed by atoms with E-state index in [0.717, 1.165) is 38.4 Å². The molecule has 0 radical (unpaired) electrons. The molecule has 29 heavy (non-hydrogen) atoms. The van der Waals surface area contributed by atoms with E-state index in [1.54, 1.807) is 12.1 Å². The fraction of sp³-hybridized carbons (Fsp3) is 0.350. The van der Waals surface area contributed by atoms with E-state index < -0.39 is 10.8 Å². The Bertz CT molecular complexity index is 913. The molecule has 1 fully saturated rings. The third-order valence-electron chi connectivity index (χ3n) is 5.00. The lowest BCUT2D eigenvalue weighted by Crippen LogP contribution is -2.46. The lowest BCUT2D eigenvalue weighted by molar-refractivity contribution is -0.385. The van der Waals surface area contributed by atoms with Crippen LogP contribution < -0.4 is 15.0 Å². The van der Waals surface area contributed by atoms with E-state index in [1.165, 1.54) is 25.3 Å². The number of piperazine rings is 1. The number of nitro benzene ring substituents is 1. The summed E-state index contributed by atoms with van der Waals surface area (Å²) in [5.41, 5.74) is 1.36. The molecular weight excluding hydrogens is 396 g/mol. The topological polar surface area (TPSA) is 88.0 Å². The molecule has 1 saturated heterocycles. The fourth-order valence-electron chi connectivity index (χ4n) is 3.36. The Morgan fingerprint density at radius 2 is 1.93 bits per heavy atom. The Balaban J connectivity index is 1.85. The number of anilines is 2. The van der Waals surface area contributed by atoms with Gasteiger partial charge in [0.25, 0.3) is 5.91 Å². The Morgan fingerprint density at radius 3 is 2.55 bits per heavy atom. The van der Waals surface area contributed by atoms with Crippen LogP contribution >= 0.6 is 11.6 Å². The maximum Gasteiger partial charge on any atom is 0.311 e. The van der Waals surface area contributed by atoms with Gasteiger partial charge in [-0.2, -0.15) is 0 Å². The number of nitrogens with zero attached hydrogens (tertiary/aromatic N) is 3. The van der Waals surface area contributed by atoms with E-state index in [9.17, 15) is 14.9 Å². The predicted molar refractivity (Wildman–Crippen MR) is 113 cm³/mol. The van der Waals surface area contributed by atoms with Crippen LogP contribution in [0.1, 0.15) is 17.3 Å². The molecule has 1 aliphatic rings. The van der Waals surface area contributed by atoms with Gasteiger partial charge in [0.05, 0.1) is 23.4 Å². The highest BCUT2D eigenvalue weighted by molar-refractivity contribution is 6.31. The van der Waals surface area contributed by atoms with Gasteiger partial charge in [0.15, 0.2) is 5.75 Å². The second kappa shape index (κ2) is 9.11. The summed E-state index contributed by atoms with van der Waals surface area (Å²) >= 11 is 6.15. The normalized spacial score (nSPS) is 14.5. The van der Waals surface area contributed by atoms with E-state index in [0.29, 0.717) is 10.7 Å². The van der Waals surface area contributed by atoms with Gasteiger partial charge in [-0.3, -0.25) is 14.9 Å². The van der Waals surface area contributed by atoms with Crippen LogP contribution in [0.3, 0.4) is 0 Å². The SMILES string of the molecule is CCN1CCN(c2ccc(Cl)cc2NC(=O)c2ccc(OC)c([N+](=O)[O-])c2)CC1. The Morgan fingerprint density at radius 1 is 1.21 bits per heavy atom. The summed E-state index contributed by atoms with van der Waals surface area (Å²) in [6, 6.07) is 9.48. The Kier molecular flexibility index (Phi) is 6.56. The minimum Gasteiger partial charge on any atom is -0.490 e. The van der Waals surface area contributed by atoms with Crippen molar-refractivity contribution in [2.24, 2.45) is 0 Å². The molecule has 1 aliphatic heterocycles. The minimum absolute atomic E-state index is 0.101. The lowest BCUT2D eigenvalue weighted by Gasteiger charge is -2.36. The number of rotatable bonds is 6. The van der Waals surface area contributed by atoms with Gasteiger partial charge in [0, 0.05) is 42.8 Å². The van der Waals surface area contributed by atoms with E-state index >= 15 is 0 Å². The highest BCUT2D eigenvalue weighted by atomic mass is 35.5. The third-order valence-corrected chi connectivity index (χ3v) is 5.24. The van der Waals surface area contributed by atoms with Crippen molar-refractivity contribution in [3.63, 3.8) is 0 Å². The fourth-order valence-corrected chi connectivity index (χ4v) is 3.53. The van der Waals surface area contributed by atoms with Crippen LogP contribution in [-0.4, -0.2) is 55.6 Å². The van der Waals surface area contributed by atoms with Gasteiger partial charge in [-0.1, -0.05) is 18.5 Å². The van der Waals surface area contributed by atoms with Crippen molar-refractivity contribution in [2.45, 2.75) is 6.92 Å². The van der Waals surface area contributed by atoms with E-state index in [-0.39, 0.29) is 17.0 Å². The molecule has 2 aromatic rings. The number of amides is 1. The molecule has 0 saturated carbocycles. The van der Waals surface area contributed by atoms with Crippen LogP contribution in [0.5, 0.6) is 5.75 Å². The first-order chi connectivity index (χ1) is 13.9. The number of nitro groups is 1. The van der Waals surface area contributed by atoms with Crippen molar-refractivity contribution in [2.75, 3.05) is 50.1 Å². The Hall–Kier alpha value is -2.84. The average molecular weight is 419 g/mol. The van der Waals surface area contributed by atoms with Crippen molar-refractivity contribution < 1.29 is 14.5 Å². The number of ether oxygens (including phenoxy) is 1. The molecule has 1 N–H and O–H groups in total. The number of nitrogens with one attached hydrogen (secondary N) is 1. The predicted octanol–water partition coefficient (Wildman–Crippen LogP) is 3.65. The van der Waals surface area contributed by atoms with E-state index in [1.807, 2.05) is 6.07 Å². The first-order valence-corrected chi connectivity index (χ1v) is 9.71. The molecule has 1 amide bonds. The summed E-state index contributed by atoms with van der Waals surface area (Å²) < 4.78 is 4.99. The van der Waals surface area contributed by atoms with Gasteiger partial charge in [0.1, 0.15) is 0 Å². The summed E-state index contributed by atoms with van der Waals surface area (Å²) in [6.45, 7) is 6.71. The van der Waals surface area contributed by atoms with Crippen LogP contribution in [0.15, 0.2) is 36.4 Å². The molecule has 0 spiro atoms. The molecule has 1 heterocycles. The Labute approximate surface area is 174 Å². The molecular formula is C20H23ClN4O4. The van der Waals surface area contributed by atoms with Gasteiger partial charge in [-0.25, -0.2) is 0 Å². The number of carbonyl (C=O) groups is 1. The van der Waals surface area contributed by atoms with E-state index in [2.05, 4.69) is 22.0 Å². The first kappa shape index (κ1) is 20.9. The van der Waals surface area contributed by atoms with Crippen molar-refractivity contribution in [1.82, 2.24) is 4.90 Å². The number of likely N-dealkylation sites (N-methyl/N-ethyl adjacent to an activating group) is 1. The average Bonchev–Trinajstić information content (AvgIpc) is 2.73. The molecule has 2 aromatic carbocycles. The zero-order valence-electron chi connectivity index (χ0n) is 16.4. The molecule has 0 bridgehead atoms. The van der Waals surface area contributed by atoms with Crippen LogP contribution in [0.2, 0.25) is 5.02 Å². The van der Waals surface area contributed by atoms with Gasteiger partial charge in [-0.15, -0.1) is 0 Å². The quantitative estimate of drug-likeness (QED) is 0.569. The second-order valence-electron chi connectivity index (χ2n) is 6.68. The van der Waals surface area contributed by atoms with Crippen molar-refractivity contribution in [3.05, 3.63) is 57.1 Å². The van der Waals surface area contributed by atoms with Gasteiger partial charge >= 0.3 is 5.69 Å². The number of hydrogen-bond donors (Lipinski definition) is 1. The highest BCUT2D eigenvalue weighted by Gasteiger charge is 2.21. The molecule has 0 aliphatic carbocycles. The van der Waals surface area contributed by atoms with Crippen molar-refractivity contribution in [3.8, 4) is 5.75 Å². The standard InChI is InChI=1S/C20H23ClN4O4/c1-3-23-8-10-24(11-9-23)17-6-5-15(21)13-16(17)22-20(26)14-4-7-19(29-2)18(12-14)25(27)28/h4-7,12-13H,3,8-11H2,1-2H3,(H,22,26). The van der Waals surface area contributed by atoms with E-state index in [4.69, 9.17) is 16.3 Å². The van der Waals surface area contributed by atoms with Gasteiger partial charge in [0.2, 0.25) is 0 Å². The molecule has 0 atom stereocenters. The molecule has 3 rings (SSSR count). The van der Waals surface area contributed by atoms with Crippen molar-refractivity contribution >= 4 is 34.6 Å². The molecule has 0 aromatic heterocycles. The highest BCUT2D eigenvalue weighted by Crippen LogP contribution is 2.32. The number of halogens is 1. The maximum atomic E-state index is 12.8. The minimum atomic E-state index is -0.576. The molecule has 154 valence electrons. The largest absolute Gasteiger partial charge is 0.490 e. The monoisotopic (exact) mass is 418 g/mol. The van der Waals surface area contributed by atoms with Crippen LogP contribution in [-0.2, 0) is 0 Å². The first-order valence-electron chi connectivity index (χ1n) is 9.33. The summed E-state index contributed by atoms with van der Waals surface area (Å²) in [6.07, 6.45) is 0. The lowest BCUT2D eigenvalue weighted by atomic mass is 10.1. The molecule has 0 unspecified atom stereocenters. The van der Waals surface area contributed by atoms with Crippen LogP contribution in [0.25, 0.3) is 0 Å². The smallest absolute Gasteiger partial charge is 0.311 e. The summed E-state index contributed by atoms with van der Waals surface area (Å²) in [7, 11) is 1.35. The van der Waals surface area contributed by atoms with Crippen molar-refractivity contribution in [1.29, 1.82) is 0 Å². The third kappa shape index (κ3) is 4.78. The van der Waals surface area contributed by atoms with Crippen LogP contribution in [0.4, 0.5) is 17.1 Å². The maximum absolute atomic E-state index is 12.8. The number of carbonyl (C=O) groups excluding carboxylic acids is 1. The second-order valence-corrected chi connectivity index (χ2v) is 7.12. The molecule has 9 heteroatoms. The number of methoxy groups -OCH3 is 1. The van der Waals surface area contributed by atoms with Gasteiger partial charge < -0.3 is 19.9 Å².